The third kappa shape index (κ3) is 4.49. The molecule has 2 N–H and O–H groups in total. The van der Waals surface area contributed by atoms with Crippen molar-refractivity contribution in [1.29, 1.82) is 0 Å². The largest absolute Gasteiger partial charge is 0.481 e. The van der Waals surface area contributed by atoms with Gasteiger partial charge in [-0.15, -0.1) is 11.3 Å². The monoisotopic (exact) mass is 537 g/mol. The van der Waals surface area contributed by atoms with Crippen molar-refractivity contribution in [1.82, 2.24) is 24.8 Å². The Bertz CT molecular complexity index is 1510. The second-order valence-electron chi connectivity index (χ2n) is 10.8. The van der Waals surface area contributed by atoms with Gasteiger partial charge in [0, 0.05) is 28.6 Å². The van der Waals surface area contributed by atoms with E-state index < -0.39 is 23.5 Å². The highest BCUT2D eigenvalue weighted by molar-refractivity contribution is 7.15. The number of pyridine rings is 1. The molecule has 3 aliphatic rings. The topological polar surface area (TPSA) is 95.0 Å². The molecule has 0 spiro atoms. The fraction of sp³-hybridized carbons (Fsp3) is 0.429. The Kier molecular flexibility index (Phi) is 6.47. The van der Waals surface area contributed by atoms with Gasteiger partial charge in [-0.3, -0.25) is 4.79 Å². The first kappa shape index (κ1) is 25.1. The second-order valence-corrected chi connectivity index (χ2v) is 12.0. The van der Waals surface area contributed by atoms with Crippen LogP contribution in [0.4, 0.5) is 8.78 Å². The number of hydrogen-bond donors (Lipinski definition) is 2. The van der Waals surface area contributed by atoms with Crippen LogP contribution in [0.5, 0.6) is 0 Å². The molecule has 4 heterocycles. The molecular weight excluding hydrogens is 508 g/mol. The van der Waals surface area contributed by atoms with Gasteiger partial charge >= 0.3 is 5.97 Å². The zero-order valence-corrected chi connectivity index (χ0v) is 22.1. The molecule has 198 valence electrons. The maximum atomic E-state index is 16.2. The Hall–Kier alpha value is -3.24. The van der Waals surface area contributed by atoms with E-state index in [0.29, 0.717) is 21.5 Å². The molecule has 0 amide bonds. The molecule has 4 aromatic rings. The van der Waals surface area contributed by atoms with Gasteiger partial charge in [0.05, 0.1) is 22.7 Å². The SMILES string of the molecule is CN(C)Cc1ccc(-c2nc(-c3c[nH]c4ncc(F)cc34)nc(CC3C4CCC(CC4)C3C(=O)O)c2F)s1. The lowest BCUT2D eigenvalue weighted by Gasteiger charge is -2.46. The van der Waals surface area contributed by atoms with E-state index in [0.717, 1.165) is 43.3 Å². The molecule has 2 unspecified atom stereocenters. The van der Waals surface area contributed by atoms with Gasteiger partial charge in [0.25, 0.3) is 0 Å². The number of carboxylic acids is 1. The molecule has 0 aromatic carbocycles. The molecule has 0 saturated heterocycles. The number of rotatable bonds is 7. The van der Waals surface area contributed by atoms with E-state index in [1.807, 2.05) is 31.1 Å². The number of halogens is 2. The Morgan fingerprint density at radius 1 is 1.16 bits per heavy atom. The van der Waals surface area contributed by atoms with Crippen LogP contribution in [-0.4, -0.2) is 50.0 Å². The summed E-state index contributed by atoms with van der Waals surface area (Å²) in [5, 5.41) is 10.6. The van der Waals surface area contributed by atoms with E-state index in [2.05, 4.69) is 19.9 Å². The van der Waals surface area contributed by atoms with Crippen LogP contribution in [0.3, 0.4) is 0 Å². The summed E-state index contributed by atoms with van der Waals surface area (Å²) >= 11 is 1.47. The first-order valence-electron chi connectivity index (χ1n) is 12.9. The third-order valence-electron chi connectivity index (χ3n) is 8.13. The molecular formula is C28H29F2N5O2S. The maximum absolute atomic E-state index is 16.2. The van der Waals surface area contributed by atoms with E-state index in [9.17, 15) is 14.3 Å². The number of aromatic nitrogens is 4. The summed E-state index contributed by atoms with van der Waals surface area (Å²) in [6.07, 6.45) is 6.80. The standard InChI is InChI=1S/C28H29F2N5O2S/c1-35(2)13-17-7-8-22(38-17)25-24(30)21(10-18-14-3-5-15(6-4-14)23(18)28(36)37)33-27(34-25)20-12-32-26-19(20)9-16(29)11-31-26/h7-9,11-12,14-15,18,23H,3-6,10,13H2,1-2H3,(H,31,32)(H,36,37). The summed E-state index contributed by atoms with van der Waals surface area (Å²) in [6.45, 7) is 0.718. The van der Waals surface area contributed by atoms with Gasteiger partial charge in [-0.05, 0) is 82.2 Å². The van der Waals surface area contributed by atoms with Crippen molar-refractivity contribution in [2.45, 2.75) is 38.6 Å². The van der Waals surface area contributed by atoms with Gasteiger partial charge in [0.1, 0.15) is 17.2 Å². The molecule has 2 atom stereocenters. The molecule has 3 fully saturated rings. The Balaban J connectivity index is 1.48. The van der Waals surface area contributed by atoms with Crippen molar-refractivity contribution >= 4 is 28.3 Å². The summed E-state index contributed by atoms with van der Waals surface area (Å²) in [6, 6.07) is 5.19. The second kappa shape index (κ2) is 9.81. The van der Waals surface area contributed by atoms with E-state index >= 15 is 4.39 Å². The predicted octanol–water partition coefficient (Wildman–Crippen LogP) is 5.77. The number of nitrogens with one attached hydrogen (secondary N) is 1. The van der Waals surface area contributed by atoms with Crippen molar-refractivity contribution in [3.8, 4) is 22.0 Å². The smallest absolute Gasteiger partial charge is 0.307 e. The molecule has 0 aliphatic heterocycles. The predicted molar refractivity (Wildman–Crippen MR) is 142 cm³/mol. The summed E-state index contributed by atoms with van der Waals surface area (Å²) in [4.78, 5) is 32.5. The zero-order valence-electron chi connectivity index (χ0n) is 21.2. The number of H-pyrrole nitrogens is 1. The van der Waals surface area contributed by atoms with Gasteiger partial charge in [-0.1, -0.05) is 0 Å². The van der Waals surface area contributed by atoms with Crippen molar-refractivity contribution < 1.29 is 18.7 Å². The minimum Gasteiger partial charge on any atom is -0.481 e. The van der Waals surface area contributed by atoms with Gasteiger partial charge in [0.2, 0.25) is 0 Å². The van der Waals surface area contributed by atoms with Crippen molar-refractivity contribution in [3.63, 3.8) is 0 Å². The minimum absolute atomic E-state index is 0.125. The van der Waals surface area contributed by atoms with Gasteiger partial charge < -0.3 is 15.0 Å². The lowest BCUT2D eigenvalue weighted by molar-refractivity contribution is -0.152. The van der Waals surface area contributed by atoms with Crippen LogP contribution in [-0.2, 0) is 17.8 Å². The Morgan fingerprint density at radius 3 is 2.66 bits per heavy atom. The summed E-state index contributed by atoms with van der Waals surface area (Å²) in [5.41, 5.74) is 1.42. The number of fused-ring (bicyclic) bond motifs is 4. The first-order valence-corrected chi connectivity index (χ1v) is 13.8. The quantitative estimate of drug-likeness (QED) is 0.311. The highest BCUT2D eigenvalue weighted by Gasteiger charge is 2.47. The number of nitrogens with zero attached hydrogens (tertiary/aromatic N) is 4. The van der Waals surface area contributed by atoms with E-state index in [1.165, 1.54) is 17.4 Å². The summed E-state index contributed by atoms with van der Waals surface area (Å²) < 4.78 is 30.3. The third-order valence-corrected chi connectivity index (χ3v) is 9.21. The number of carbonyl (C=O) groups is 1. The Labute approximate surface area is 223 Å². The van der Waals surface area contributed by atoms with Crippen LogP contribution in [0.2, 0.25) is 0 Å². The van der Waals surface area contributed by atoms with Crippen LogP contribution in [0.15, 0.2) is 30.6 Å². The van der Waals surface area contributed by atoms with E-state index in [-0.39, 0.29) is 41.4 Å². The van der Waals surface area contributed by atoms with Gasteiger partial charge in [-0.2, -0.15) is 0 Å². The molecule has 7 rings (SSSR count). The number of hydrogen-bond acceptors (Lipinski definition) is 6. The van der Waals surface area contributed by atoms with Crippen LogP contribution in [0.1, 0.15) is 36.3 Å². The van der Waals surface area contributed by atoms with Gasteiger partial charge in [0.15, 0.2) is 11.6 Å². The Morgan fingerprint density at radius 2 is 1.92 bits per heavy atom. The number of aromatic amines is 1. The average molecular weight is 538 g/mol. The molecule has 3 saturated carbocycles. The number of carboxylic acid groups (broad SMARTS) is 1. The van der Waals surface area contributed by atoms with E-state index in [4.69, 9.17) is 0 Å². The fourth-order valence-corrected chi connectivity index (χ4v) is 7.56. The average Bonchev–Trinajstić information content (AvgIpc) is 3.52. The van der Waals surface area contributed by atoms with Gasteiger partial charge in [-0.25, -0.2) is 23.7 Å². The molecule has 0 radical (unpaired) electrons. The summed E-state index contributed by atoms with van der Waals surface area (Å²) in [7, 11) is 3.95. The highest BCUT2D eigenvalue weighted by Crippen LogP contribution is 2.50. The summed E-state index contributed by atoms with van der Waals surface area (Å²) in [5.74, 6) is -1.85. The normalized spacial score (nSPS) is 23.0. The zero-order chi connectivity index (χ0) is 26.6. The van der Waals surface area contributed by atoms with Crippen molar-refractivity contribution in [2.24, 2.45) is 23.7 Å². The number of aliphatic carboxylic acids is 1. The number of thiophene rings is 1. The fourth-order valence-electron chi connectivity index (χ4n) is 6.45. The maximum Gasteiger partial charge on any atom is 0.307 e. The highest BCUT2D eigenvalue weighted by atomic mass is 32.1. The first-order chi connectivity index (χ1) is 18.3. The van der Waals surface area contributed by atoms with Crippen LogP contribution in [0, 0.1) is 35.3 Å². The molecule has 2 bridgehead atoms. The van der Waals surface area contributed by atoms with Crippen LogP contribution < -0.4 is 0 Å². The van der Waals surface area contributed by atoms with Crippen LogP contribution >= 0.6 is 11.3 Å². The lowest BCUT2D eigenvalue weighted by atomic mass is 9.57. The van der Waals surface area contributed by atoms with Crippen LogP contribution in [0.25, 0.3) is 33.0 Å². The minimum atomic E-state index is -0.802. The lowest BCUT2D eigenvalue weighted by Crippen LogP contribution is -2.45. The van der Waals surface area contributed by atoms with Crippen molar-refractivity contribution in [2.75, 3.05) is 14.1 Å². The molecule has 38 heavy (non-hydrogen) atoms. The molecule has 3 aliphatic carbocycles. The molecule has 10 heteroatoms. The van der Waals surface area contributed by atoms with Crippen molar-refractivity contribution in [3.05, 3.63) is 52.8 Å². The molecule has 7 nitrogen and oxygen atoms in total. The van der Waals surface area contributed by atoms with E-state index in [1.54, 1.807) is 6.20 Å². The molecule has 4 aromatic heterocycles.